The van der Waals surface area contributed by atoms with E-state index in [0.29, 0.717) is 5.92 Å². The second-order valence-electron chi connectivity index (χ2n) is 14.4. The van der Waals surface area contributed by atoms with Gasteiger partial charge < -0.3 is 24.8 Å². The van der Waals surface area contributed by atoms with Gasteiger partial charge in [-0.05, 0) is 40.6 Å². The summed E-state index contributed by atoms with van der Waals surface area (Å²) in [5, 5.41) is 0.811. The van der Waals surface area contributed by atoms with E-state index in [1.807, 2.05) is 54.6 Å². The molecule has 0 aliphatic heterocycles. The predicted molar refractivity (Wildman–Crippen MR) is 183 cm³/mol. The summed E-state index contributed by atoms with van der Waals surface area (Å²) < 4.78 is 2.11. The molecular weight excluding hydrogens is 690 g/mol. The van der Waals surface area contributed by atoms with Crippen LogP contribution in [0.5, 0.6) is 0 Å². The van der Waals surface area contributed by atoms with E-state index in [2.05, 4.69) is 95.5 Å². The number of rotatable bonds is 1. The summed E-state index contributed by atoms with van der Waals surface area (Å²) in [4.78, 5) is 0. The average Bonchev–Trinajstić information content (AvgIpc) is 3.69. The standard InChI is InChI=1S/C29H37.C7H5Cl.C5H5.2ClH.Zr/c1-18-25-22-17-19-13-9-10-14-20(19)24(22)21-15-11-12-16-23(21)29(25,8)28(6,7)27(4,5)26(18,2)3;1-6-3-2-4-7(8)5-6;1-2-4-5-3-1;;;/h9-11,13-15,23H,12,16-17H2,1-8H3;1-5H;1-5H;2*1H;/q-1;;-1;;;+2/p-2. The third-order valence-electron chi connectivity index (χ3n) is 12.4. The minimum Gasteiger partial charge on any atom is -1.00 e. The molecule has 0 N–H and O–H groups in total. The summed E-state index contributed by atoms with van der Waals surface area (Å²) in [6.07, 6.45) is 8.50. The van der Waals surface area contributed by atoms with Crippen LogP contribution in [-0.4, -0.2) is 3.71 Å². The number of benzene rings is 2. The van der Waals surface area contributed by atoms with Crippen molar-refractivity contribution in [1.29, 1.82) is 0 Å². The zero-order valence-electron chi connectivity index (χ0n) is 28.1. The zero-order valence-corrected chi connectivity index (χ0v) is 32.8. The van der Waals surface area contributed by atoms with E-state index in [4.69, 9.17) is 11.6 Å². The Morgan fingerprint density at radius 1 is 0.889 bits per heavy atom. The maximum atomic E-state index is 5.71. The minimum atomic E-state index is 0. The van der Waals surface area contributed by atoms with E-state index in [1.165, 1.54) is 53.8 Å². The van der Waals surface area contributed by atoms with Gasteiger partial charge in [0.1, 0.15) is 0 Å². The van der Waals surface area contributed by atoms with E-state index in [-0.39, 0.29) is 46.5 Å². The first-order valence-corrected chi connectivity index (χ1v) is 17.6. The fraction of sp³-hybridized carbons (Fsp3) is 0.390. The van der Waals surface area contributed by atoms with E-state index >= 15 is 0 Å². The molecule has 0 bridgehead atoms. The molecule has 0 heterocycles. The quantitative estimate of drug-likeness (QED) is 0.293. The van der Waals surface area contributed by atoms with Gasteiger partial charge in [-0.1, -0.05) is 113 Å². The SMILES string of the molecule is C[C-]1C2=C3Cc4ccccc4C3=C3C=CCCC3C2(C)C(C)(C)C(C)(C)C1(C)C.Clc1cccc([CH]=[Zr+2])c1.[Cl-].[Cl-].c1cc[cH-]c1. The Kier molecular flexibility index (Phi) is 12.1. The molecule has 4 aliphatic rings. The van der Waals surface area contributed by atoms with Crippen molar-refractivity contribution in [3.05, 3.63) is 135 Å². The van der Waals surface area contributed by atoms with Gasteiger partial charge in [0.25, 0.3) is 0 Å². The van der Waals surface area contributed by atoms with Crippen molar-refractivity contribution in [1.82, 2.24) is 0 Å². The first kappa shape index (κ1) is 38.0. The molecular formula is C41H47Cl3Zr-2. The van der Waals surface area contributed by atoms with Crippen molar-refractivity contribution in [2.45, 2.75) is 74.7 Å². The van der Waals surface area contributed by atoms with Gasteiger partial charge in [-0.15, -0.1) is 6.92 Å². The molecule has 0 amide bonds. The van der Waals surface area contributed by atoms with Crippen LogP contribution in [0.4, 0.5) is 0 Å². The third-order valence-corrected chi connectivity index (χ3v) is 13.4. The second-order valence-corrected chi connectivity index (χ2v) is 15.6. The zero-order chi connectivity index (χ0) is 31.2. The Hall–Kier alpha value is -1.50. The van der Waals surface area contributed by atoms with Crippen molar-refractivity contribution < 1.29 is 49.0 Å². The maximum Gasteiger partial charge on any atom is -0.172 e. The van der Waals surface area contributed by atoms with Crippen LogP contribution in [0.1, 0.15) is 84.9 Å². The summed E-state index contributed by atoms with van der Waals surface area (Å²) in [7, 11) is 0. The summed E-state index contributed by atoms with van der Waals surface area (Å²) in [6, 6.07) is 27.0. The minimum absolute atomic E-state index is 0. The topological polar surface area (TPSA) is 0 Å². The smallest absolute Gasteiger partial charge is 0.172 e. The Morgan fingerprint density at radius 2 is 1.56 bits per heavy atom. The van der Waals surface area contributed by atoms with Crippen LogP contribution in [0.3, 0.4) is 0 Å². The molecule has 2 atom stereocenters. The number of halogens is 3. The van der Waals surface area contributed by atoms with Gasteiger partial charge >= 0.3 is 74.4 Å². The van der Waals surface area contributed by atoms with E-state index in [1.54, 1.807) is 28.2 Å². The van der Waals surface area contributed by atoms with E-state index in [9.17, 15) is 0 Å². The first-order valence-electron chi connectivity index (χ1n) is 15.8. The number of allylic oxidation sites excluding steroid dienone is 6. The summed E-state index contributed by atoms with van der Waals surface area (Å²) >= 11 is 7.12. The van der Waals surface area contributed by atoms with Crippen molar-refractivity contribution in [2.75, 3.05) is 0 Å². The number of fused-ring (bicyclic) bond motifs is 6. The van der Waals surface area contributed by atoms with Gasteiger partial charge in [0.2, 0.25) is 0 Å². The fourth-order valence-corrected chi connectivity index (χ4v) is 9.13. The van der Waals surface area contributed by atoms with Crippen molar-refractivity contribution >= 4 is 20.9 Å². The van der Waals surface area contributed by atoms with Crippen LogP contribution < -0.4 is 24.8 Å². The Morgan fingerprint density at radius 3 is 2.13 bits per heavy atom. The molecule has 3 aromatic carbocycles. The summed E-state index contributed by atoms with van der Waals surface area (Å²) in [5.74, 6) is 2.24. The molecule has 4 aliphatic carbocycles. The molecule has 45 heavy (non-hydrogen) atoms. The van der Waals surface area contributed by atoms with Crippen LogP contribution in [0.15, 0.2) is 108 Å². The van der Waals surface area contributed by atoms with Gasteiger partial charge in [-0.3, -0.25) is 0 Å². The molecule has 1 saturated carbocycles. The maximum absolute atomic E-state index is 5.71. The average molecular weight is 737 g/mol. The molecule has 3 aromatic rings. The normalized spacial score (nSPS) is 24.2. The summed E-state index contributed by atoms with van der Waals surface area (Å²) in [5.41, 5.74) is 11.5. The second kappa shape index (κ2) is 14.3. The van der Waals surface area contributed by atoms with Crippen molar-refractivity contribution in [3.63, 3.8) is 0 Å². The van der Waals surface area contributed by atoms with Gasteiger partial charge in [0, 0.05) is 0 Å². The molecule has 0 spiro atoms. The molecule has 1 fully saturated rings. The number of hydrogen-bond donors (Lipinski definition) is 0. The molecule has 0 aromatic heterocycles. The Balaban J connectivity index is 0.000000286. The van der Waals surface area contributed by atoms with Crippen molar-refractivity contribution in [3.8, 4) is 0 Å². The monoisotopic (exact) mass is 734 g/mol. The van der Waals surface area contributed by atoms with Crippen LogP contribution in [0.25, 0.3) is 5.57 Å². The molecule has 238 valence electrons. The Labute approximate surface area is 305 Å². The molecule has 0 saturated heterocycles. The Bertz CT molecular complexity index is 1570. The molecule has 7 rings (SSSR count). The van der Waals surface area contributed by atoms with E-state index in [0.717, 1.165) is 11.4 Å². The van der Waals surface area contributed by atoms with E-state index < -0.39 is 0 Å². The van der Waals surface area contributed by atoms with Crippen LogP contribution in [-0.2, 0) is 30.7 Å². The van der Waals surface area contributed by atoms with Gasteiger partial charge in [-0.25, -0.2) is 18.1 Å². The fourth-order valence-electron chi connectivity index (χ4n) is 8.49. The predicted octanol–water partition coefficient (Wildman–Crippen LogP) is 5.42. The molecule has 0 nitrogen and oxygen atoms in total. The van der Waals surface area contributed by atoms with Crippen LogP contribution >= 0.6 is 11.6 Å². The third kappa shape index (κ3) is 6.15. The molecule has 0 radical (unpaired) electrons. The largest absolute Gasteiger partial charge is 1.00 e. The van der Waals surface area contributed by atoms with Gasteiger partial charge in [-0.2, -0.15) is 29.3 Å². The number of hydrogen-bond acceptors (Lipinski definition) is 0. The van der Waals surface area contributed by atoms with Crippen LogP contribution in [0.2, 0.25) is 5.02 Å². The van der Waals surface area contributed by atoms with Crippen LogP contribution in [0, 0.1) is 33.5 Å². The van der Waals surface area contributed by atoms with Gasteiger partial charge in [0.05, 0.1) is 0 Å². The summed E-state index contributed by atoms with van der Waals surface area (Å²) in [6.45, 7) is 20.3. The van der Waals surface area contributed by atoms with Gasteiger partial charge in [0.15, 0.2) is 0 Å². The molecule has 4 heteroatoms. The first-order chi connectivity index (χ1) is 20.3. The molecule has 2 unspecified atom stereocenters. The van der Waals surface area contributed by atoms with Crippen molar-refractivity contribution in [2.24, 2.45) is 27.6 Å².